The zero-order chi connectivity index (χ0) is 43.7. The van der Waals surface area contributed by atoms with E-state index in [4.69, 9.17) is 14.2 Å². The third kappa shape index (κ3) is 45.9. The third-order valence-corrected chi connectivity index (χ3v) is 10.4. The fraction of sp³-hybridized carbons (Fsp3) is 0.722. The van der Waals surface area contributed by atoms with Gasteiger partial charge in [-0.1, -0.05) is 203 Å². The number of carbonyl (C=O) groups is 3. The quantitative estimate of drug-likeness (QED) is 0.0263. The van der Waals surface area contributed by atoms with Gasteiger partial charge < -0.3 is 14.2 Å². The van der Waals surface area contributed by atoms with Crippen molar-refractivity contribution in [3.63, 3.8) is 0 Å². The van der Waals surface area contributed by atoms with Crippen molar-refractivity contribution < 1.29 is 28.6 Å². The molecular weight excluding hydrogens is 745 g/mol. The molecule has 0 radical (unpaired) electrons. The maximum absolute atomic E-state index is 12.8. The van der Waals surface area contributed by atoms with Crippen LogP contribution in [0.5, 0.6) is 0 Å². The van der Waals surface area contributed by atoms with Crippen molar-refractivity contribution in [3.05, 3.63) is 72.9 Å². The Hall–Kier alpha value is -3.15. The van der Waals surface area contributed by atoms with Gasteiger partial charge in [0.1, 0.15) is 13.2 Å². The van der Waals surface area contributed by atoms with Gasteiger partial charge >= 0.3 is 17.9 Å². The van der Waals surface area contributed by atoms with E-state index in [2.05, 4.69) is 93.7 Å². The average Bonchev–Trinajstić information content (AvgIpc) is 3.24. The largest absolute Gasteiger partial charge is 0.462 e. The van der Waals surface area contributed by atoms with Crippen molar-refractivity contribution in [1.29, 1.82) is 0 Å². The van der Waals surface area contributed by atoms with E-state index in [1.807, 2.05) is 0 Å². The molecule has 0 spiro atoms. The minimum Gasteiger partial charge on any atom is -0.462 e. The second kappa shape index (κ2) is 48.5. The summed E-state index contributed by atoms with van der Waals surface area (Å²) in [5, 5.41) is 0. The van der Waals surface area contributed by atoms with Gasteiger partial charge in [0.2, 0.25) is 0 Å². The van der Waals surface area contributed by atoms with E-state index >= 15 is 0 Å². The number of esters is 3. The SMILES string of the molecule is CC/C=C\C/C=C\C/C=C\C/C=C\C/C=C\CCCCCC(=O)OCC(COC(=O)CCC/C=C\CCCCCC)OC(=O)CCCCCCCCCCCCCCCC. The monoisotopic (exact) mass is 837 g/mol. The molecule has 0 rings (SSSR count). The van der Waals surface area contributed by atoms with Gasteiger partial charge in [-0.15, -0.1) is 0 Å². The van der Waals surface area contributed by atoms with Crippen LogP contribution in [0.25, 0.3) is 0 Å². The first-order chi connectivity index (χ1) is 29.5. The van der Waals surface area contributed by atoms with Crippen LogP contribution in [-0.4, -0.2) is 37.2 Å². The number of rotatable bonds is 44. The lowest BCUT2D eigenvalue weighted by Gasteiger charge is -2.18. The van der Waals surface area contributed by atoms with Gasteiger partial charge in [-0.05, 0) is 83.5 Å². The van der Waals surface area contributed by atoms with Crippen molar-refractivity contribution in [3.8, 4) is 0 Å². The Kier molecular flexibility index (Phi) is 46.0. The highest BCUT2D eigenvalue weighted by molar-refractivity contribution is 5.71. The molecule has 0 aromatic carbocycles. The standard InChI is InChI=1S/C54H92O6/c1-4-7-10-13-16-19-21-23-25-26-27-28-29-31-32-35-38-41-44-47-53(56)59-50-51(49-58-52(55)46-43-40-37-34-18-15-12-9-6-3)60-54(57)48-45-42-39-36-33-30-24-22-20-17-14-11-8-5-2/h7,10,16,19,23,25,27-28,31-32,34,37,51H,4-6,8-9,11-15,17-18,20-22,24,26,29-30,33,35-36,38-50H2,1-3H3/b10-7-,19-16-,25-23-,28-27-,32-31-,37-34-. The minimum atomic E-state index is -0.796. The Bertz CT molecular complexity index is 1140. The summed E-state index contributed by atoms with van der Waals surface area (Å²) in [6.07, 6.45) is 60.4. The van der Waals surface area contributed by atoms with E-state index in [1.54, 1.807) is 0 Å². The molecular formula is C54H92O6. The number of allylic oxidation sites excluding steroid dienone is 12. The highest BCUT2D eigenvalue weighted by Gasteiger charge is 2.19. The fourth-order valence-corrected chi connectivity index (χ4v) is 6.71. The highest BCUT2D eigenvalue weighted by Crippen LogP contribution is 2.14. The van der Waals surface area contributed by atoms with Gasteiger partial charge in [0.05, 0.1) is 0 Å². The predicted octanol–water partition coefficient (Wildman–Crippen LogP) is 16.3. The molecule has 0 aromatic heterocycles. The normalized spacial score (nSPS) is 12.7. The molecule has 1 atom stereocenters. The first kappa shape index (κ1) is 56.9. The molecule has 6 nitrogen and oxygen atoms in total. The van der Waals surface area contributed by atoms with Crippen LogP contribution < -0.4 is 0 Å². The molecule has 60 heavy (non-hydrogen) atoms. The number of unbranched alkanes of at least 4 members (excludes halogenated alkanes) is 21. The second-order valence-corrected chi connectivity index (χ2v) is 16.3. The minimum absolute atomic E-state index is 0.0998. The smallest absolute Gasteiger partial charge is 0.306 e. The lowest BCUT2D eigenvalue weighted by atomic mass is 10.0. The van der Waals surface area contributed by atoms with Gasteiger partial charge in [0.15, 0.2) is 6.10 Å². The average molecular weight is 837 g/mol. The Morgan fingerprint density at radius 1 is 0.350 bits per heavy atom. The second-order valence-electron chi connectivity index (χ2n) is 16.3. The topological polar surface area (TPSA) is 78.9 Å². The molecule has 0 amide bonds. The van der Waals surface area contributed by atoms with E-state index in [0.717, 1.165) is 89.9 Å². The van der Waals surface area contributed by atoms with Crippen LogP contribution in [-0.2, 0) is 28.6 Å². The van der Waals surface area contributed by atoms with E-state index in [0.29, 0.717) is 25.7 Å². The summed E-state index contributed by atoms with van der Waals surface area (Å²) in [7, 11) is 0. The number of hydrogen-bond donors (Lipinski definition) is 0. The maximum atomic E-state index is 12.8. The molecule has 0 aliphatic heterocycles. The Morgan fingerprint density at radius 2 is 0.667 bits per heavy atom. The van der Waals surface area contributed by atoms with Gasteiger partial charge in [0.25, 0.3) is 0 Å². The summed E-state index contributed by atoms with van der Waals surface area (Å²) >= 11 is 0. The third-order valence-electron chi connectivity index (χ3n) is 10.4. The molecule has 0 heterocycles. The lowest BCUT2D eigenvalue weighted by molar-refractivity contribution is -0.167. The molecule has 0 saturated heterocycles. The molecule has 0 bridgehead atoms. The lowest BCUT2D eigenvalue weighted by Crippen LogP contribution is -2.30. The van der Waals surface area contributed by atoms with Gasteiger partial charge in [-0.25, -0.2) is 0 Å². The first-order valence-corrected chi connectivity index (χ1v) is 24.9. The van der Waals surface area contributed by atoms with Crippen molar-refractivity contribution in [2.45, 2.75) is 239 Å². The van der Waals surface area contributed by atoms with Crippen LogP contribution in [0, 0.1) is 0 Å². The molecule has 0 fully saturated rings. The van der Waals surface area contributed by atoms with Crippen LogP contribution in [0.3, 0.4) is 0 Å². The Balaban J connectivity index is 4.40. The van der Waals surface area contributed by atoms with Crippen molar-refractivity contribution >= 4 is 17.9 Å². The van der Waals surface area contributed by atoms with Crippen LogP contribution >= 0.6 is 0 Å². The van der Waals surface area contributed by atoms with Gasteiger partial charge in [0, 0.05) is 19.3 Å². The first-order valence-electron chi connectivity index (χ1n) is 24.9. The molecule has 0 aliphatic rings. The molecule has 6 heteroatoms. The molecule has 1 unspecified atom stereocenters. The van der Waals surface area contributed by atoms with Gasteiger partial charge in [-0.3, -0.25) is 14.4 Å². The van der Waals surface area contributed by atoms with Crippen LogP contribution in [0.15, 0.2) is 72.9 Å². The Labute approximate surface area is 370 Å². The molecule has 0 aliphatic carbocycles. The van der Waals surface area contributed by atoms with E-state index < -0.39 is 6.10 Å². The highest BCUT2D eigenvalue weighted by atomic mass is 16.6. The predicted molar refractivity (Wildman–Crippen MR) is 256 cm³/mol. The summed E-state index contributed by atoms with van der Waals surface area (Å²) in [6, 6.07) is 0. The van der Waals surface area contributed by atoms with Crippen molar-refractivity contribution in [2.75, 3.05) is 13.2 Å². The number of ether oxygens (including phenoxy) is 3. The fourth-order valence-electron chi connectivity index (χ4n) is 6.71. The summed E-state index contributed by atoms with van der Waals surface area (Å²) < 4.78 is 16.7. The summed E-state index contributed by atoms with van der Waals surface area (Å²) in [6.45, 7) is 6.43. The molecule has 0 saturated carbocycles. The molecule has 0 N–H and O–H groups in total. The van der Waals surface area contributed by atoms with Crippen LogP contribution in [0.2, 0.25) is 0 Å². The zero-order valence-corrected chi connectivity index (χ0v) is 39.2. The zero-order valence-electron chi connectivity index (χ0n) is 39.2. The molecule has 0 aromatic rings. The molecule has 344 valence electrons. The van der Waals surface area contributed by atoms with Gasteiger partial charge in [-0.2, -0.15) is 0 Å². The summed E-state index contributed by atoms with van der Waals surface area (Å²) in [5.41, 5.74) is 0. The number of hydrogen-bond acceptors (Lipinski definition) is 6. The Morgan fingerprint density at radius 3 is 1.12 bits per heavy atom. The van der Waals surface area contributed by atoms with E-state index in [1.165, 1.54) is 96.3 Å². The summed E-state index contributed by atoms with van der Waals surface area (Å²) in [5.74, 6) is -0.964. The number of carbonyl (C=O) groups excluding carboxylic acids is 3. The van der Waals surface area contributed by atoms with Crippen LogP contribution in [0.4, 0.5) is 0 Å². The maximum Gasteiger partial charge on any atom is 0.306 e. The summed E-state index contributed by atoms with van der Waals surface area (Å²) in [4.78, 5) is 37.8. The van der Waals surface area contributed by atoms with Crippen LogP contribution in [0.1, 0.15) is 233 Å². The van der Waals surface area contributed by atoms with Crippen molar-refractivity contribution in [1.82, 2.24) is 0 Å². The van der Waals surface area contributed by atoms with Crippen molar-refractivity contribution in [2.24, 2.45) is 0 Å². The van der Waals surface area contributed by atoms with E-state index in [-0.39, 0.29) is 31.1 Å². The van der Waals surface area contributed by atoms with E-state index in [9.17, 15) is 14.4 Å².